The van der Waals surface area contributed by atoms with E-state index in [1.807, 2.05) is 6.92 Å². The van der Waals surface area contributed by atoms with Crippen LogP contribution < -0.4 is 10.6 Å². The van der Waals surface area contributed by atoms with E-state index >= 15 is 0 Å². The normalized spacial score (nSPS) is 20.9. The highest BCUT2D eigenvalue weighted by atomic mass is 32.2. The molecule has 1 aliphatic carbocycles. The van der Waals surface area contributed by atoms with Crippen LogP contribution in [0.5, 0.6) is 0 Å². The van der Waals surface area contributed by atoms with Crippen LogP contribution in [0, 0.1) is 10.1 Å². The minimum Gasteiger partial charge on any atom is -0.465 e. The number of anilines is 1. The van der Waals surface area contributed by atoms with Crippen molar-refractivity contribution in [2.45, 2.75) is 49.1 Å². The van der Waals surface area contributed by atoms with Gasteiger partial charge in [-0.25, -0.2) is 22.2 Å². The van der Waals surface area contributed by atoms with Gasteiger partial charge < -0.3 is 15.7 Å². The lowest BCUT2D eigenvalue weighted by atomic mass is 9.81. The largest absolute Gasteiger partial charge is 0.465 e. The molecule has 0 radical (unpaired) electrons. The maximum Gasteiger partial charge on any atom is 0.405 e. The summed E-state index contributed by atoms with van der Waals surface area (Å²) in [6.07, 6.45) is 3.59. The Morgan fingerprint density at radius 3 is 2.52 bits per heavy atom. The minimum atomic E-state index is -3.94. The van der Waals surface area contributed by atoms with Gasteiger partial charge >= 0.3 is 11.8 Å². The number of pyridine rings is 1. The van der Waals surface area contributed by atoms with E-state index in [4.69, 9.17) is 5.11 Å². The molecular formula is C21H23N5O6S. The molecule has 0 spiro atoms. The first-order valence-corrected chi connectivity index (χ1v) is 11.8. The molecule has 4 rings (SSSR count). The van der Waals surface area contributed by atoms with Crippen LogP contribution in [0.3, 0.4) is 0 Å². The number of amides is 1. The van der Waals surface area contributed by atoms with Crippen molar-refractivity contribution in [3.05, 3.63) is 58.9 Å². The van der Waals surface area contributed by atoms with Crippen LogP contribution in [-0.2, 0) is 10.0 Å². The first kappa shape index (κ1) is 22.5. The second-order valence-corrected chi connectivity index (χ2v) is 10.2. The average Bonchev–Trinajstić information content (AvgIpc) is 3.21. The molecule has 0 atom stereocenters. The molecule has 2 heterocycles. The molecule has 1 saturated carbocycles. The zero-order valence-corrected chi connectivity index (χ0v) is 18.6. The van der Waals surface area contributed by atoms with E-state index in [1.54, 1.807) is 18.2 Å². The molecule has 2 aromatic heterocycles. The summed E-state index contributed by atoms with van der Waals surface area (Å²) in [5, 5.41) is 26.8. The van der Waals surface area contributed by atoms with Crippen molar-refractivity contribution in [3.8, 4) is 0 Å². The fourth-order valence-corrected chi connectivity index (χ4v) is 5.55. The van der Waals surface area contributed by atoms with Gasteiger partial charge in [-0.3, -0.25) is 10.1 Å². The van der Waals surface area contributed by atoms with Crippen molar-refractivity contribution in [3.63, 3.8) is 0 Å². The predicted molar refractivity (Wildman–Crippen MR) is 121 cm³/mol. The molecule has 33 heavy (non-hydrogen) atoms. The van der Waals surface area contributed by atoms with Gasteiger partial charge in [0, 0.05) is 17.8 Å². The SMILES string of the molecule is CC1(NC(=O)O)CCC(Nc2c([N+](=O)[O-])cnc3c2ccn3S(=O)(=O)c2ccccc2)CC1. The van der Waals surface area contributed by atoms with Crippen LogP contribution in [0.15, 0.2) is 53.7 Å². The molecule has 3 aromatic rings. The van der Waals surface area contributed by atoms with Crippen LogP contribution in [0.1, 0.15) is 32.6 Å². The van der Waals surface area contributed by atoms with Gasteiger partial charge in [0.05, 0.1) is 15.2 Å². The third-order valence-corrected chi connectivity index (χ3v) is 7.68. The first-order valence-electron chi connectivity index (χ1n) is 10.3. The van der Waals surface area contributed by atoms with Crippen LogP contribution in [0.2, 0.25) is 0 Å². The van der Waals surface area contributed by atoms with E-state index in [1.165, 1.54) is 24.4 Å². The molecule has 0 aliphatic heterocycles. The summed E-state index contributed by atoms with van der Waals surface area (Å²) >= 11 is 0. The highest BCUT2D eigenvalue weighted by Crippen LogP contribution is 2.37. The summed E-state index contributed by atoms with van der Waals surface area (Å²) in [5.74, 6) is 0. The number of nitrogens with zero attached hydrogens (tertiary/aromatic N) is 3. The lowest BCUT2D eigenvalue weighted by Gasteiger charge is -2.37. The number of hydrogen-bond donors (Lipinski definition) is 3. The van der Waals surface area contributed by atoms with Crippen molar-refractivity contribution < 1.29 is 23.2 Å². The summed E-state index contributed by atoms with van der Waals surface area (Å²) in [4.78, 5) is 26.3. The lowest BCUT2D eigenvalue weighted by Crippen LogP contribution is -2.49. The predicted octanol–water partition coefficient (Wildman–Crippen LogP) is 3.56. The van der Waals surface area contributed by atoms with E-state index in [-0.39, 0.29) is 28.0 Å². The van der Waals surface area contributed by atoms with E-state index < -0.39 is 26.6 Å². The van der Waals surface area contributed by atoms with E-state index in [9.17, 15) is 23.3 Å². The van der Waals surface area contributed by atoms with Gasteiger partial charge in [0.15, 0.2) is 5.65 Å². The smallest absolute Gasteiger partial charge is 0.405 e. The van der Waals surface area contributed by atoms with E-state index in [0.29, 0.717) is 31.1 Å². The monoisotopic (exact) mass is 473 g/mol. The highest BCUT2D eigenvalue weighted by Gasteiger charge is 2.34. The zero-order chi connectivity index (χ0) is 23.8. The second-order valence-electron chi connectivity index (χ2n) is 8.35. The number of nitrogens with one attached hydrogen (secondary N) is 2. The third-order valence-electron chi connectivity index (χ3n) is 6.00. The van der Waals surface area contributed by atoms with Gasteiger partial charge in [-0.05, 0) is 50.8 Å². The Hall–Kier alpha value is -3.67. The number of carbonyl (C=O) groups is 1. The van der Waals surface area contributed by atoms with Gasteiger partial charge in [0.2, 0.25) is 0 Å². The van der Waals surface area contributed by atoms with Crippen molar-refractivity contribution >= 4 is 38.5 Å². The molecule has 0 unspecified atom stereocenters. The highest BCUT2D eigenvalue weighted by molar-refractivity contribution is 7.90. The number of nitro groups is 1. The quantitative estimate of drug-likeness (QED) is 0.362. The van der Waals surface area contributed by atoms with Gasteiger partial charge in [0.1, 0.15) is 11.9 Å². The average molecular weight is 474 g/mol. The molecule has 1 aromatic carbocycles. The molecule has 0 bridgehead atoms. The van der Waals surface area contributed by atoms with E-state index in [0.717, 1.165) is 10.2 Å². The Kier molecular flexibility index (Phi) is 5.70. The summed E-state index contributed by atoms with van der Waals surface area (Å²) in [5.41, 5.74) is -0.530. The van der Waals surface area contributed by atoms with Gasteiger partial charge in [-0.1, -0.05) is 18.2 Å². The zero-order valence-electron chi connectivity index (χ0n) is 17.8. The summed E-state index contributed by atoms with van der Waals surface area (Å²) in [6, 6.07) is 9.22. The second kappa shape index (κ2) is 8.35. The molecule has 1 amide bonds. The molecule has 174 valence electrons. The Morgan fingerprint density at radius 2 is 1.91 bits per heavy atom. The Balaban J connectivity index is 1.69. The Labute approximate surface area is 189 Å². The number of rotatable bonds is 6. The number of fused-ring (bicyclic) bond motifs is 1. The molecule has 0 saturated heterocycles. The number of carboxylic acid groups (broad SMARTS) is 1. The van der Waals surface area contributed by atoms with Crippen LogP contribution in [0.25, 0.3) is 11.0 Å². The molecular weight excluding hydrogens is 450 g/mol. The summed E-state index contributed by atoms with van der Waals surface area (Å²) < 4.78 is 27.2. The number of aromatic nitrogens is 2. The standard InChI is InChI=1S/C21H23N5O6S/c1-21(24-20(27)28)10-7-14(8-11-21)23-18-16-9-12-25(19(16)22-13-17(18)26(29)30)33(31,32)15-5-3-2-4-6-15/h2-6,9,12-14,24H,7-8,10-11H2,1H3,(H,22,23)(H,27,28). The Bertz CT molecular complexity index is 1310. The van der Waals surface area contributed by atoms with Crippen LogP contribution >= 0.6 is 0 Å². The molecule has 12 heteroatoms. The first-order chi connectivity index (χ1) is 15.6. The molecule has 3 N–H and O–H groups in total. The molecule has 1 aliphatic rings. The van der Waals surface area contributed by atoms with Gasteiger partial charge in [-0.15, -0.1) is 0 Å². The third kappa shape index (κ3) is 4.33. The number of benzene rings is 1. The van der Waals surface area contributed by atoms with Crippen molar-refractivity contribution in [1.29, 1.82) is 0 Å². The maximum atomic E-state index is 13.1. The van der Waals surface area contributed by atoms with Crippen molar-refractivity contribution in [1.82, 2.24) is 14.3 Å². The summed E-state index contributed by atoms with van der Waals surface area (Å²) in [6.45, 7) is 1.83. The molecule has 11 nitrogen and oxygen atoms in total. The Morgan fingerprint density at radius 1 is 1.24 bits per heavy atom. The fraction of sp³-hybridized carbons (Fsp3) is 0.333. The van der Waals surface area contributed by atoms with Crippen molar-refractivity contribution in [2.75, 3.05) is 5.32 Å². The number of hydrogen-bond acceptors (Lipinski definition) is 7. The topological polar surface area (TPSA) is 156 Å². The fourth-order valence-electron chi connectivity index (χ4n) is 4.23. The van der Waals surface area contributed by atoms with Crippen molar-refractivity contribution in [2.24, 2.45) is 0 Å². The van der Waals surface area contributed by atoms with Gasteiger partial charge in [-0.2, -0.15) is 0 Å². The lowest BCUT2D eigenvalue weighted by molar-refractivity contribution is -0.384. The molecule has 1 fully saturated rings. The summed E-state index contributed by atoms with van der Waals surface area (Å²) in [7, 11) is -3.94. The maximum absolute atomic E-state index is 13.1. The van der Waals surface area contributed by atoms with Crippen LogP contribution in [0.4, 0.5) is 16.2 Å². The van der Waals surface area contributed by atoms with E-state index in [2.05, 4.69) is 15.6 Å². The van der Waals surface area contributed by atoms with Crippen LogP contribution in [-0.4, -0.2) is 45.1 Å². The van der Waals surface area contributed by atoms with Gasteiger partial charge in [0.25, 0.3) is 10.0 Å². The minimum absolute atomic E-state index is 0.0784.